The fourth-order valence-corrected chi connectivity index (χ4v) is 1.80. The minimum atomic E-state index is 0.477. The Hall–Kier alpha value is -0.540. The summed E-state index contributed by atoms with van der Waals surface area (Å²) < 4.78 is 2.00. The summed E-state index contributed by atoms with van der Waals surface area (Å²) in [6.45, 7) is 0. The van der Waals surface area contributed by atoms with Gasteiger partial charge in [0.1, 0.15) is 10.7 Å². The first-order chi connectivity index (χ1) is 4.92. The number of fused-ring (bicyclic) bond motifs is 1. The van der Waals surface area contributed by atoms with E-state index in [2.05, 4.69) is 4.98 Å². The van der Waals surface area contributed by atoms with Crippen molar-refractivity contribution in [1.29, 1.82) is 0 Å². The predicted octanol–water partition coefficient (Wildman–Crippen LogP) is 2.13. The monoisotopic (exact) mass is 172 g/mol. The van der Waals surface area contributed by atoms with E-state index in [1.165, 1.54) is 0 Å². The molecule has 2 aromatic rings. The van der Waals surface area contributed by atoms with Gasteiger partial charge >= 0.3 is 0 Å². The van der Waals surface area contributed by atoms with E-state index in [-0.39, 0.29) is 0 Å². The molecule has 10 heavy (non-hydrogen) atoms. The van der Waals surface area contributed by atoms with Crippen LogP contribution in [0, 0.1) is 0 Å². The Morgan fingerprint density at radius 1 is 1.70 bits per heavy atom. The number of aromatic nitrogens is 2. The molecule has 2 rings (SSSR count). The SMILES string of the molecule is ClCc1ncc2sccn12. The standard InChI is InChI=1S/C6H5ClN2S/c7-3-5-8-4-6-9(5)1-2-10-6/h1-2,4H,3H2. The molecule has 0 saturated carbocycles. The van der Waals surface area contributed by atoms with Gasteiger partial charge in [0.05, 0.1) is 12.1 Å². The molecule has 0 aliphatic rings. The van der Waals surface area contributed by atoms with Crippen molar-refractivity contribution in [3.05, 3.63) is 23.6 Å². The first kappa shape index (κ1) is 6.19. The Bertz CT molecular complexity index is 338. The Morgan fingerprint density at radius 2 is 2.60 bits per heavy atom. The fraction of sp³-hybridized carbons (Fsp3) is 0.167. The van der Waals surface area contributed by atoms with Crippen molar-refractivity contribution in [2.45, 2.75) is 5.88 Å². The van der Waals surface area contributed by atoms with Crippen LogP contribution >= 0.6 is 22.9 Å². The summed E-state index contributed by atoms with van der Waals surface area (Å²) in [7, 11) is 0. The number of nitrogens with zero attached hydrogens (tertiary/aromatic N) is 2. The number of hydrogen-bond donors (Lipinski definition) is 0. The molecule has 2 heterocycles. The topological polar surface area (TPSA) is 17.3 Å². The minimum absolute atomic E-state index is 0.477. The molecular weight excluding hydrogens is 168 g/mol. The van der Waals surface area contributed by atoms with Crippen LogP contribution in [-0.2, 0) is 5.88 Å². The normalized spacial score (nSPS) is 10.9. The van der Waals surface area contributed by atoms with Gasteiger partial charge in [-0.1, -0.05) is 0 Å². The van der Waals surface area contributed by atoms with Gasteiger partial charge in [-0.05, 0) is 0 Å². The smallest absolute Gasteiger partial charge is 0.128 e. The van der Waals surface area contributed by atoms with Crippen LogP contribution in [-0.4, -0.2) is 9.38 Å². The first-order valence-corrected chi connectivity index (χ1v) is 4.28. The lowest BCUT2D eigenvalue weighted by molar-refractivity contribution is 1.03. The van der Waals surface area contributed by atoms with E-state index in [1.54, 1.807) is 11.3 Å². The maximum absolute atomic E-state index is 5.63. The summed E-state index contributed by atoms with van der Waals surface area (Å²) in [4.78, 5) is 5.26. The van der Waals surface area contributed by atoms with Crippen molar-refractivity contribution in [2.24, 2.45) is 0 Å². The highest BCUT2D eigenvalue weighted by molar-refractivity contribution is 7.15. The largest absolute Gasteiger partial charge is 0.293 e. The predicted molar refractivity (Wildman–Crippen MR) is 42.6 cm³/mol. The quantitative estimate of drug-likeness (QED) is 0.603. The average molecular weight is 173 g/mol. The van der Waals surface area contributed by atoms with Gasteiger partial charge in [0.2, 0.25) is 0 Å². The minimum Gasteiger partial charge on any atom is -0.293 e. The molecule has 0 amide bonds. The second kappa shape index (κ2) is 2.25. The summed E-state index contributed by atoms with van der Waals surface area (Å²) in [5, 5.41) is 2.02. The van der Waals surface area contributed by atoms with Crippen molar-refractivity contribution in [2.75, 3.05) is 0 Å². The van der Waals surface area contributed by atoms with Gasteiger partial charge in [0.15, 0.2) is 0 Å². The maximum Gasteiger partial charge on any atom is 0.128 e. The van der Waals surface area contributed by atoms with Crippen molar-refractivity contribution < 1.29 is 0 Å². The zero-order valence-corrected chi connectivity index (χ0v) is 6.69. The van der Waals surface area contributed by atoms with E-state index in [9.17, 15) is 0 Å². The van der Waals surface area contributed by atoms with E-state index in [1.807, 2.05) is 22.2 Å². The van der Waals surface area contributed by atoms with Crippen LogP contribution in [0.4, 0.5) is 0 Å². The Balaban J connectivity index is 2.76. The summed E-state index contributed by atoms with van der Waals surface area (Å²) in [5.74, 6) is 1.39. The number of rotatable bonds is 1. The third-order valence-corrected chi connectivity index (χ3v) is 2.40. The van der Waals surface area contributed by atoms with E-state index < -0.39 is 0 Å². The van der Waals surface area contributed by atoms with Crippen LogP contribution in [0.2, 0.25) is 0 Å². The van der Waals surface area contributed by atoms with E-state index >= 15 is 0 Å². The molecule has 0 spiro atoms. The molecule has 0 aromatic carbocycles. The fourth-order valence-electron chi connectivity index (χ4n) is 0.888. The third-order valence-electron chi connectivity index (χ3n) is 1.36. The third kappa shape index (κ3) is 0.744. The van der Waals surface area contributed by atoms with Crippen molar-refractivity contribution in [3.63, 3.8) is 0 Å². The summed E-state index contributed by atoms with van der Waals surface area (Å²) in [6, 6.07) is 0. The molecule has 0 fully saturated rings. The zero-order valence-electron chi connectivity index (χ0n) is 5.12. The van der Waals surface area contributed by atoms with Crippen LogP contribution in [0.5, 0.6) is 0 Å². The summed E-state index contributed by atoms with van der Waals surface area (Å²) in [5.41, 5.74) is 0. The van der Waals surface area contributed by atoms with E-state index in [4.69, 9.17) is 11.6 Å². The number of alkyl halides is 1. The van der Waals surface area contributed by atoms with Crippen molar-refractivity contribution in [3.8, 4) is 0 Å². The van der Waals surface area contributed by atoms with Crippen molar-refractivity contribution in [1.82, 2.24) is 9.38 Å². The molecule has 0 atom stereocenters. The van der Waals surface area contributed by atoms with Gasteiger partial charge in [-0.15, -0.1) is 22.9 Å². The first-order valence-electron chi connectivity index (χ1n) is 2.87. The molecule has 0 saturated heterocycles. The molecular formula is C6H5ClN2S. The van der Waals surface area contributed by atoms with Gasteiger partial charge < -0.3 is 0 Å². The Kier molecular flexibility index (Phi) is 1.39. The Labute approximate surface area is 67.1 Å². The molecule has 0 aliphatic carbocycles. The molecule has 0 radical (unpaired) electrons. The number of halogens is 1. The molecule has 0 bridgehead atoms. The van der Waals surface area contributed by atoms with Crippen LogP contribution in [0.3, 0.4) is 0 Å². The van der Waals surface area contributed by atoms with Crippen molar-refractivity contribution >= 4 is 27.8 Å². The second-order valence-corrected chi connectivity index (χ2v) is 3.11. The number of imidazole rings is 1. The number of hydrogen-bond acceptors (Lipinski definition) is 2. The van der Waals surface area contributed by atoms with Gasteiger partial charge in [0, 0.05) is 11.6 Å². The van der Waals surface area contributed by atoms with Gasteiger partial charge in [-0.2, -0.15) is 0 Å². The van der Waals surface area contributed by atoms with Crippen LogP contribution in [0.1, 0.15) is 5.82 Å². The molecule has 52 valence electrons. The molecule has 4 heteroatoms. The van der Waals surface area contributed by atoms with Crippen LogP contribution < -0.4 is 0 Å². The molecule has 2 nitrogen and oxygen atoms in total. The summed E-state index contributed by atoms with van der Waals surface area (Å²) >= 11 is 7.29. The maximum atomic E-state index is 5.63. The highest BCUT2D eigenvalue weighted by Crippen LogP contribution is 2.13. The molecule has 0 aliphatic heterocycles. The highest BCUT2D eigenvalue weighted by Gasteiger charge is 2.00. The lowest BCUT2D eigenvalue weighted by Crippen LogP contribution is -1.85. The van der Waals surface area contributed by atoms with Gasteiger partial charge in [-0.3, -0.25) is 4.40 Å². The van der Waals surface area contributed by atoms with E-state index in [0.717, 1.165) is 10.7 Å². The van der Waals surface area contributed by atoms with Gasteiger partial charge in [-0.25, -0.2) is 4.98 Å². The second-order valence-electron chi connectivity index (χ2n) is 1.92. The molecule has 0 N–H and O–H groups in total. The van der Waals surface area contributed by atoms with Gasteiger partial charge in [0.25, 0.3) is 0 Å². The van der Waals surface area contributed by atoms with Crippen LogP contribution in [0.15, 0.2) is 17.8 Å². The lowest BCUT2D eigenvalue weighted by Gasteiger charge is -1.86. The van der Waals surface area contributed by atoms with E-state index in [0.29, 0.717) is 5.88 Å². The lowest BCUT2D eigenvalue weighted by atomic mass is 10.7. The average Bonchev–Trinajstić information content (AvgIpc) is 2.44. The van der Waals surface area contributed by atoms with Crippen LogP contribution in [0.25, 0.3) is 4.83 Å². The number of thiazole rings is 1. The molecule has 0 unspecified atom stereocenters. The zero-order chi connectivity index (χ0) is 6.97. The Morgan fingerprint density at radius 3 is 3.40 bits per heavy atom. The molecule has 2 aromatic heterocycles. The highest BCUT2D eigenvalue weighted by atomic mass is 35.5. The summed E-state index contributed by atoms with van der Waals surface area (Å²) in [6.07, 6.45) is 3.81.